The molecule has 2 fully saturated rings. The van der Waals surface area contributed by atoms with Gasteiger partial charge < -0.3 is 30.7 Å². The highest BCUT2D eigenvalue weighted by Crippen LogP contribution is 2.44. The van der Waals surface area contributed by atoms with Crippen LogP contribution in [0.2, 0.25) is 5.02 Å². The molecular weight excluding hydrogens is 1020 g/mol. The molecule has 5 aromatic rings. The van der Waals surface area contributed by atoms with Gasteiger partial charge in [-0.25, -0.2) is 26.4 Å². The highest BCUT2D eigenvalue weighted by molar-refractivity contribution is 7.99. The van der Waals surface area contributed by atoms with E-state index in [9.17, 15) is 44.4 Å². The molecule has 3 amide bonds. The number of piperidine rings is 1. The van der Waals surface area contributed by atoms with Crippen molar-refractivity contribution in [2.45, 2.75) is 58.0 Å². The third kappa shape index (κ3) is 14.0. The van der Waals surface area contributed by atoms with E-state index in [1.54, 1.807) is 18.2 Å². The number of hydrogen-bond donors (Lipinski definition) is 5. The largest absolute Gasteiger partial charge is 0.501 e. The van der Waals surface area contributed by atoms with E-state index in [4.69, 9.17) is 21.4 Å². The van der Waals surface area contributed by atoms with E-state index in [-0.39, 0.29) is 36.4 Å². The highest BCUT2D eigenvalue weighted by atomic mass is 35.5. The minimum absolute atomic E-state index is 0.0188. The molecule has 0 unspecified atom stereocenters. The maximum atomic E-state index is 14.3. The summed E-state index contributed by atoms with van der Waals surface area (Å²) >= 11 is 8.43. The predicted octanol–water partition coefficient (Wildman–Crippen LogP) is 8.45. The number of nitrogens with one attached hydrogen (secondary N) is 4. The summed E-state index contributed by atoms with van der Waals surface area (Å²) in [7, 11) is -11.1. The SMILES string of the molecule is O=C(O)NCCC(=O)NC[C@@H]1CCN(c2ccc(C(=O)NS(=O)(=O)c3ccc(N[C@H](CCN4CCOCC4)CSc4ccccc4)c(S(=O)(=O)C(F)(F)F)c3)cc2)[C@@H](c2c(Cl)cccc2-c2ccccc2)C1. The topological polar surface area (TPSA) is 204 Å². The molecule has 5 aromatic carbocycles. The number of nitrogens with zero attached hydrogens (tertiary/aromatic N) is 2. The normalized spacial score (nSPS) is 17.1. The van der Waals surface area contributed by atoms with Crippen LogP contribution >= 0.6 is 23.4 Å². The molecular formula is C50H54ClF3N6O9S3. The number of sulfonamides is 1. The number of carbonyl (C=O) groups excluding carboxylic acids is 2. The summed E-state index contributed by atoms with van der Waals surface area (Å²) in [5, 5.41) is 17.4. The van der Waals surface area contributed by atoms with Gasteiger partial charge in [0.05, 0.1) is 29.8 Å². The van der Waals surface area contributed by atoms with Gasteiger partial charge in [0, 0.05) is 84.2 Å². The quantitative estimate of drug-likeness (QED) is 0.0465. The van der Waals surface area contributed by atoms with Gasteiger partial charge in [0.15, 0.2) is 0 Å². The third-order valence-corrected chi connectivity index (χ3v) is 16.8. The molecule has 2 saturated heterocycles. The van der Waals surface area contributed by atoms with E-state index in [0.29, 0.717) is 87.7 Å². The molecule has 0 spiro atoms. The maximum Gasteiger partial charge on any atom is 0.501 e. The van der Waals surface area contributed by atoms with Crippen LogP contribution < -0.4 is 25.6 Å². The van der Waals surface area contributed by atoms with E-state index in [0.717, 1.165) is 33.7 Å². The van der Waals surface area contributed by atoms with Crippen molar-refractivity contribution in [2.24, 2.45) is 5.92 Å². The van der Waals surface area contributed by atoms with Gasteiger partial charge in [0.25, 0.3) is 25.8 Å². The second-order valence-electron chi connectivity index (χ2n) is 17.2. The van der Waals surface area contributed by atoms with Crippen molar-refractivity contribution in [1.82, 2.24) is 20.3 Å². The number of halogens is 4. The number of amides is 3. The average Bonchev–Trinajstić information content (AvgIpc) is 3.36. The molecule has 15 nitrogen and oxygen atoms in total. The number of rotatable bonds is 20. The van der Waals surface area contributed by atoms with E-state index in [1.165, 1.54) is 23.9 Å². The van der Waals surface area contributed by atoms with Crippen molar-refractivity contribution < 1.29 is 54.2 Å². The lowest BCUT2D eigenvalue weighted by Crippen LogP contribution is -2.41. The Balaban J connectivity index is 1.11. The fraction of sp³-hybridized carbons (Fsp3) is 0.340. The number of hydrogen-bond acceptors (Lipinski definition) is 12. The summed E-state index contributed by atoms with van der Waals surface area (Å²) < 4.78 is 104. The summed E-state index contributed by atoms with van der Waals surface area (Å²) in [6.07, 6.45) is 0.299. The summed E-state index contributed by atoms with van der Waals surface area (Å²) in [5.41, 5.74) is -3.08. The van der Waals surface area contributed by atoms with Gasteiger partial charge >= 0.3 is 11.6 Å². The first kappa shape index (κ1) is 53.9. The van der Waals surface area contributed by atoms with E-state index in [2.05, 4.69) is 25.8 Å². The number of morpholine rings is 1. The van der Waals surface area contributed by atoms with E-state index >= 15 is 0 Å². The lowest BCUT2D eigenvalue weighted by molar-refractivity contribution is -0.121. The third-order valence-electron chi connectivity index (χ3n) is 12.4. The Morgan fingerprint density at radius 3 is 2.22 bits per heavy atom. The van der Waals surface area contributed by atoms with Crippen molar-refractivity contribution in [3.05, 3.63) is 137 Å². The number of carboxylic acid groups (broad SMARTS) is 1. The van der Waals surface area contributed by atoms with Crippen molar-refractivity contribution >= 4 is 72.5 Å². The lowest BCUT2D eigenvalue weighted by Gasteiger charge is -2.42. The number of thioether (sulfide) groups is 1. The molecule has 384 valence electrons. The molecule has 22 heteroatoms. The van der Waals surface area contributed by atoms with Crippen LogP contribution in [0.5, 0.6) is 0 Å². The van der Waals surface area contributed by atoms with Gasteiger partial charge in [-0.3, -0.25) is 14.5 Å². The van der Waals surface area contributed by atoms with Crippen LogP contribution in [0.25, 0.3) is 11.1 Å². The highest BCUT2D eigenvalue weighted by Gasteiger charge is 2.48. The zero-order valence-electron chi connectivity index (χ0n) is 38.8. The Morgan fingerprint density at radius 1 is 0.847 bits per heavy atom. The fourth-order valence-corrected chi connectivity index (χ4v) is 12.0. The Morgan fingerprint density at radius 2 is 1.54 bits per heavy atom. The molecule has 5 N–H and O–H groups in total. The van der Waals surface area contributed by atoms with Crippen LogP contribution in [0, 0.1) is 5.92 Å². The smallest absolute Gasteiger partial charge is 0.465 e. The van der Waals surface area contributed by atoms with Crippen molar-refractivity contribution in [3.63, 3.8) is 0 Å². The number of anilines is 2. The van der Waals surface area contributed by atoms with Gasteiger partial charge in [-0.1, -0.05) is 72.3 Å². The van der Waals surface area contributed by atoms with Gasteiger partial charge in [-0.15, -0.1) is 11.8 Å². The lowest BCUT2D eigenvalue weighted by atomic mass is 9.83. The van der Waals surface area contributed by atoms with Crippen molar-refractivity contribution in [3.8, 4) is 11.1 Å². The molecule has 2 heterocycles. The fourth-order valence-electron chi connectivity index (χ4n) is 8.66. The molecule has 0 saturated carbocycles. The van der Waals surface area contributed by atoms with Gasteiger partial charge in [-0.2, -0.15) is 13.2 Å². The molecule has 3 atom stereocenters. The molecule has 0 aliphatic carbocycles. The summed E-state index contributed by atoms with van der Waals surface area (Å²) in [6.45, 7) is 3.63. The van der Waals surface area contributed by atoms with Crippen LogP contribution in [0.4, 0.5) is 29.3 Å². The van der Waals surface area contributed by atoms with Crippen LogP contribution in [-0.2, 0) is 29.4 Å². The summed E-state index contributed by atoms with van der Waals surface area (Å²) in [6, 6.07) is 32.0. The minimum atomic E-state index is -6.12. The van der Waals surface area contributed by atoms with Crippen LogP contribution in [0.15, 0.2) is 136 Å². The second-order valence-corrected chi connectivity index (χ2v) is 22.3. The van der Waals surface area contributed by atoms with Crippen molar-refractivity contribution in [2.75, 3.05) is 68.5 Å². The van der Waals surface area contributed by atoms with Crippen LogP contribution in [-0.4, -0.2) is 115 Å². The van der Waals surface area contributed by atoms with Gasteiger partial charge in [-0.05, 0) is 97.0 Å². The van der Waals surface area contributed by atoms with Crippen LogP contribution in [0.3, 0.4) is 0 Å². The molecule has 0 radical (unpaired) electrons. The van der Waals surface area contributed by atoms with Crippen molar-refractivity contribution in [1.29, 1.82) is 0 Å². The minimum Gasteiger partial charge on any atom is -0.465 e. The zero-order valence-corrected chi connectivity index (χ0v) is 42.0. The molecule has 2 aliphatic rings. The average molecular weight is 1070 g/mol. The second kappa shape index (κ2) is 24.3. The first-order chi connectivity index (χ1) is 34.4. The standard InChI is InChI=1S/C50H54ClF3N6O9S3/c51-42-13-7-12-41(35-8-3-1-4-9-35)47(42)44-30-34(32-56-46(61)20-23-55-49(63)64)21-25-60(44)38-16-14-36(15-17-38)48(62)58-72(67,68)40-18-19-43(45(31-40)71(65,66)50(52,53)54)57-37(22-24-59-26-28-69-29-27-59)33-70-39-10-5-2-6-11-39/h1-19,31,34,37,44,55,57H,20-30,32-33H2,(H,56,61)(H,58,62)(H,63,64)/t34-,37-,44-/m1/s1. The zero-order chi connectivity index (χ0) is 51.5. The monoisotopic (exact) mass is 1070 g/mol. The number of alkyl halides is 3. The van der Waals surface area contributed by atoms with E-state index < -0.39 is 58.9 Å². The molecule has 2 aliphatic heterocycles. The van der Waals surface area contributed by atoms with Crippen LogP contribution in [0.1, 0.15) is 47.6 Å². The maximum absolute atomic E-state index is 14.3. The van der Waals surface area contributed by atoms with E-state index in [1.807, 2.05) is 77.5 Å². The summed E-state index contributed by atoms with van der Waals surface area (Å²) in [5.74, 6) is -1.11. The summed E-state index contributed by atoms with van der Waals surface area (Å²) in [4.78, 5) is 40.0. The number of carbonyl (C=O) groups is 3. The Labute approximate surface area is 425 Å². The predicted molar refractivity (Wildman–Crippen MR) is 271 cm³/mol. The van der Waals surface area contributed by atoms with Gasteiger partial charge in [0.1, 0.15) is 4.90 Å². The number of ether oxygens (including phenoxy) is 1. The molecule has 7 rings (SSSR count). The number of benzene rings is 5. The first-order valence-electron chi connectivity index (χ1n) is 23.1. The number of sulfone groups is 1. The molecule has 72 heavy (non-hydrogen) atoms. The molecule has 0 aromatic heterocycles. The Bertz CT molecular complexity index is 2900. The van der Waals surface area contributed by atoms with Gasteiger partial charge in [0.2, 0.25) is 5.91 Å². The Hall–Kier alpha value is -5.84. The first-order valence-corrected chi connectivity index (χ1v) is 27.4. The Kier molecular flexibility index (Phi) is 18.2. The molecule has 0 bridgehead atoms.